The van der Waals surface area contributed by atoms with Crippen molar-refractivity contribution in [1.29, 1.82) is 0 Å². The molecule has 0 N–H and O–H groups in total. The largest absolute Gasteiger partial charge is 0.497 e. The second-order valence-electron chi connectivity index (χ2n) is 7.44. The van der Waals surface area contributed by atoms with Gasteiger partial charge >= 0.3 is 6.01 Å². The highest BCUT2D eigenvalue weighted by molar-refractivity contribution is 7.08. The summed E-state index contributed by atoms with van der Waals surface area (Å²) in [5.41, 5.74) is 4.84. The number of thiophene rings is 1. The summed E-state index contributed by atoms with van der Waals surface area (Å²) in [7, 11) is 1.62. The molecule has 0 saturated heterocycles. The Bertz CT molecular complexity index is 1410. The van der Waals surface area contributed by atoms with Crippen LogP contribution < -0.4 is 9.64 Å². The number of hydrogen-bond donors (Lipinski definition) is 0. The Labute approximate surface area is 199 Å². The van der Waals surface area contributed by atoms with E-state index in [4.69, 9.17) is 20.8 Å². The summed E-state index contributed by atoms with van der Waals surface area (Å²) in [5.74, 6) is 0.493. The van der Waals surface area contributed by atoms with E-state index in [-0.39, 0.29) is 18.5 Å². The van der Waals surface area contributed by atoms with Crippen LogP contribution in [0.15, 0.2) is 88.0 Å². The number of nitrogens with zero attached hydrogens (tertiary/aromatic N) is 2. The lowest BCUT2D eigenvalue weighted by molar-refractivity contribution is 0.0980. The molecule has 2 aromatic heterocycles. The van der Waals surface area contributed by atoms with Gasteiger partial charge in [-0.2, -0.15) is 16.3 Å². The Morgan fingerprint density at radius 2 is 1.91 bits per heavy atom. The van der Waals surface area contributed by atoms with E-state index in [1.54, 1.807) is 42.7 Å². The maximum absolute atomic E-state index is 13.5. The highest BCUT2D eigenvalue weighted by Crippen LogP contribution is 2.30. The summed E-state index contributed by atoms with van der Waals surface area (Å²) in [6, 6.07) is 22.5. The third-order valence-corrected chi connectivity index (χ3v) is 6.20. The van der Waals surface area contributed by atoms with Crippen LogP contribution in [0.5, 0.6) is 5.75 Å². The second-order valence-corrected chi connectivity index (χ2v) is 8.66. The van der Waals surface area contributed by atoms with Crippen molar-refractivity contribution in [1.82, 2.24) is 4.98 Å². The van der Waals surface area contributed by atoms with Crippen molar-refractivity contribution in [2.45, 2.75) is 6.54 Å². The number of benzene rings is 3. The summed E-state index contributed by atoms with van der Waals surface area (Å²) < 4.78 is 11.3. The van der Waals surface area contributed by atoms with E-state index in [1.165, 1.54) is 4.90 Å². The molecule has 5 rings (SSSR count). The Hall–Kier alpha value is -3.61. The minimum absolute atomic E-state index is 0.230. The molecule has 0 fully saturated rings. The number of oxazole rings is 1. The van der Waals surface area contributed by atoms with Gasteiger partial charge in [0.2, 0.25) is 0 Å². The molecule has 164 valence electrons. The number of rotatable bonds is 6. The third kappa shape index (κ3) is 4.49. The van der Waals surface area contributed by atoms with Gasteiger partial charge in [0, 0.05) is 10.6 Å². The highest BCUT2D eigenvalue weighted by Gasteiger charge is 2.24. The van der Waals surface area contributed by atoms with E-state index in [9.17, 15) is 4.79 Å². The predicted molar refractivity (Wildman–Crippen MR) is 132 cm³/mol. The van der Waals surface area contributed by atoms with Crippen LogP contribution in [0.2, 0.25) is 5.02 Å². The number of amides is 1. The van der Waals surface area contributed by atoms with Crippen LogP contribution in [-0.4, -0.2) is 18.0 Å². The molecule has 0 atom stereocenters. The van der Waals surface area contributed by atoms with Gasteiger partial charge in [-0.05, 0) is 76.0 Å². The molecular weight excluding hydrogens is 456 g/mol. The van der Waals surface area contributed by atoms with Crippen molar-refractivity contribution in [2.24, 2.45) is 0 Å². The molecule has 33 heavy (non-hydrogen) atoms. The first kappa shape index (κ1) is 21.2. The fraction of sp³-hybridized carbons (Fsp3) is 0.0769. The Morgan fingerprint density at radius 3 is 2.64 bits per heavy atom. The molecule has 1 amide bonds. The molecule has 5 nitrogen and oxygen atoms in total. The van der Waals surface area contributed by atoms with Crippen LogP contribution in [0.1, 0.15) is 15.9 Å². The number of methoxy groups -OCH3 is 1. The van der Waals surface area contributed by atoms with Gasteiger partial charge < -0.3 is 9.15 Å². The van der Waals surface area contributed by atoms with Crippen LogP contribution in [-0.2, 0) is 6.54 Å². The van der Waals surface area contributed by atoms with Crippen molar-refractivity contribution in [3.8, 4) is 16.9 Å². The van der Waals surface area contributed by atoms with Gasteiger partial charge in [0.15, 0.2) is 5.58 Å². The standard InChI is InChI=1S/C26H19ClN2O3S/c1-31-22-8-5-17(6-9-22)15-29(25(30)19-3-2-4-21(27)13-19)26-28-23-14-18(7-10-24(23)32-26)20-11-12-33-16-20/h2-14,16H,15H2,1H3. The number of ether oxygens (including phenoxy) is 1. The summed E-state index contributed by atoms with van der Waals surface area (Å²) >= 11 is 7.78. The van der Waals surface area contributed by atoms with Gasteiger partial charge in [-0.25, -0.2) is 0 Å². The smallest absolute Gasteiger partial charge is 0.305 e. The predicted octanol–water partition coefficient (Wildman–Crippen LogP) is 7.07. The maximum Gasteiger partial charge on any atom is 0.305 e. The molecule has 0 aliphatic carbocycles. The van der Waals surface area contributed by atoms with E-state index in [1.807, 2.05) is 47.8 Å². The SMILES string of the molecule is COc1ccc(CN(C(=O)c2cccc(Cl)c2)c2nc3cc(-c4ccsc4)ccc3o2)cc1. The van der Waals surface area contributed by atoms with Gasteiger partial charge in [0.1, 0.15) is 11.3 Å². The maximum atomic E-state index is 13.5. The quantitative estimate of drug-likeness (QED) is 0.264. The van der Waals surface area contributed by atoms with E-state index in [0.717, 1.165) is 22.4 Å². The molecule has 2 heterocycles. The van der Waals surface area contributed by atoms with Gasteiger partial charge in [-0.1, -0.05) is 35.9 Å². The molecule has 0 aliphatic heterocycles. The topological polar surface area (TPSA) is 55.6 Å². The first-order valence-electron chi connectivity index (χ1n) is 10.2. The van der Waals surface area contributed by atoms with E-state index < -0.39 is 0 Å². The Balaban J connectivity index is 1.55. The van der Waals surface area contributed by atoms with E-state index in [0.29, 0.717) is 21.7 Å². The van der Waals surface area contributed by atoms with Gasteiger partial charge in [-0.15, -0.1) is 0 Å². The Kier molecular flexibility index (Phi) is 5.86. The van der Waals surface area contributed by atoms with E-state index in [2.05, 4.69) is 16.4 Å². The minimum Gasteiger partial charge on any atom is -0.497 e. The van der Waals surface area contributed by atoms with Crippen LogP contribution in [0.3, 0.4) is 0 Å². The molecule has 0 spiro atoms. The monoisotopic (exact) mass is 474 g/mol. The Morgan fingerprint density at radius 1 is 1.06 bits per heavy atom. The zero-order valence-corrected chi connectivity index (χ0v) is 19.3. The van der Waals surface area contributed by atoms with Crippen molar-refractivity contribution in [3.63, 3.8) is 0 Å². The molecule has 0 unspecified atom stereocenters. The number of carbonyl (C=O) groups excluding carboxylic acids is 1. The lowest BCUT2D eigenvalue weighted by Crippen LogP contribution is -2.30. The van der Waals surface area contributed by atoms with Gasteiger partial charge in [0.25, 0.3) is 5.91 Å². The molecule has 3 aromatic carbocycles. The molecule has 0 bridgehead atoms. The third-order valence-electron chi connectivity index (χ3n) is 5.28. The van der Waals surface area contributed by atoms with Gasteiger partial charge in [0.05, 0.1) is 13.7 Å². The zero-order chi connectivity index (χ0) is 22.8. The number of fused-ring (bicyclic) bond motifs is 1. The summed E-state index contributed by atoms with van der Waals surface area (Å²) in [6.45, 7) is 0.277. The molecule has 7 heteroatoms. The number of halogens is 1. The summed E-state index contributed by atoms with van der Waals surface area (Å²) in [6.07, 6.45) is 0. The fourth-order valence-corrected chi connectivity index (χ4v) is 4.41. The van der Waals surface area contributed by atoms with Crippen LogP contribution in [0.4, 0.5) is 6.01 Å². The molecule has 0 saturated carbocycles. The van der Waals surface area contributed by atoms with Crippen LogP contribution >= 0.6 is 22.9 Å². The average molecular weight is 475 g/mol. The highest BCUT2D eigenvalue weighted by atomic mass is 35.5. The molecule has 5 aromatic rings. The van der Waals surface area contributed by atoms with Crippen molar-refractivity contribution in [2.75, 3.05) is 12.0 Å². The average Bonchev–Trinajstić information content (AvgIpc) is 3.52. The molecule has 0 aliphatic rings. The number of aromatic nitrogens is 1. The van der Waals surface area contributed by atoms with Crippen molar-refractivity contribution < 1.29 is 13.9 Å². The molecular formula is C26H19ClN2O3S. The number of anilines is 1. The fourth-order valence-electron chi connectivity index (χ4n) is 3.56. The van der Waals surface area contributed by atoms with Crippen LogP contribution in [0, 0.1) is 0 Å². The van der Waals surface area contributed by atoms with Gasteiger partial charge in [-0.3, -0.25) is 9.69 Å². The summed E-state index contributed by atoms with van der Waals surface area (Å²) in [4.78, 5) is 19.7. The lowest BCUT2D eigenvalue weighted by atomic mass is 10.1. The molecule has 0 radical (unpaired) electrons. The summed E-state index contributed by atoms with van der Waals surface area (Å²) in [5, 5.41) is 4.61. The lowest BCUT2D eigenvalue weighted by Gasteiger charge is -2.19. The van der Waals surface area contributed by atoms with Crippen molar-refractivity contribution in [3.05, 3.63) is 99.7 Å². The second kappa shape index (κ2) is 9.10. The number of hydrogen-bond acceptors (Lipinski definition) is 5. The van der Waals surface area contributed by atoms with Crippen molar-refractivity contribution >= 4 is 46.0 Å². The van der Waals surface area contributed by atoms with E-state index >= 15 is 0 Å². The first-order valence-corrected chi connectivity index (χ1v) is 11.6. The van der Waals surface area contributed by atoms with Crippen LogP contribution in [0.25, 0.3) is 22.2 Å². The minimum atomic E-state index is -0.252. The normalized spacial score (nSPS) is 11.0. The number of carbonyl (C=O) groups is 1. The first-order chi connectivity index (χ1) is 16.1. The zero-order valence-electron chi connectivity index (χ0n) is 17.7.